The minimum absolute atomic E-state index is 0.373. The predicted octanol–water partition coefficient (Wildman–Crippen LogP) is 7.08. The Balaban J connectivity index is 1.39. The first kappa shape index (κ1) is 21.4. The number of esters is 1. The van der Waals surface area contributed by atoms with E-state index in [0.717, 1.165) is 28.0 Å². The van der Waals surface area contributed by atoms with Crippen LogP contribution >= 0.6 is 0 Å². The van der Waals surface area contributed by atoms with Crippen LogP contribution in [0.3, 0.4) is 0 Å². The summed E-state index contributed by atoms with van der Waals surface area (Å²) in [5.74, 6) is 1.02. The highest BCUT2D eigenvalue weighted by atomic mass is 16.5. The van der Waals surface area contributed by atoms with Gasteiger partial charge in [-0.2, -0.15) is 0 Å². The van der Waals surface area contributed by atoms with Crippen molar-refractivity contribution >= 4 is 5.97 Å². The molecule has 160 valence electrons. The van der Waals surface area contributed by atoms with E-state index in [1.807, 2.05) is 68.4 Å². The molecule has 0 N–H and O–H groups in total. The molecule has 0 saturated carbocycles. The van der Waals surface area contributed by atoms with Crippen molar-refractivity contribution in [2.24, 2.45) is 0 Å². The number of carbonyl (C=O) groups excluding carboxylic acids is 1. The third kappa shape index (κ3) is 5.25. The molecular formula is C29H26O3. The molecule has 4 rings (SSSR count). The van der Waals surface area contributed by atoms with Gasteiger partial charge in [0.05, 0.1) is 5.56 Å². The van der Waals surface area contributed by atoms with Gasteiger partial charge in [-0.05, 0) is 79.4 Å². The third-order valence-electron chi connectivity index (χ3n) is 5.38. The summed E-state index contributed by atoms with van der Waals surface area (Å²) in [5, 5.41) is 0. The Morgan fingerprint density at radius 2 is 1.28 bits per heavy atom. The second kappa shape index (κ2) is 9.52. The molecule has 0 radical (unpaired) electrons. The Hall–Kier alpha value is -3.85. The van der Waals surface area contributed by atoms with Crippen LogP contribution in [0.1, 0.15) is 32.6 Å². The maximum Gasteiger partial charge on any atom is 0.343 e. The lowest BCUT2D eigenvalue weighted by atomic mass is 10.0. The topological polar surface area (TPSA) is 35.5 Å². The SMILES string of the molecule is Cc1ccc(OCc2ccc(C(=O)Oc3ccc(-c4ccc(C)cc4)cc3C)cc2)cc1. The lowest BCUT2D eigenvalue weighted by Crippen LogP contribution is -2.09. The van der Waals surface area contributed by atoms with E-state index in [9.17, 15) is 4.79 Å². The zero-order valence-electron chi connectivity index (χ0n) is 18.6. The summed E-state index contributed by atoms with van der Waals surface area (Å²) in [6.07, 6.45) is 0. The van der Waals surface area contributed by atoms with Crippen molar-refractivity contribution in [2.75, 3.05) is 0 Å². The molecule has 0 fully saturated rings. The van der Waals surface area contributed by atoms with Gasteiger partial charge in [0.2, 0.25) is 0 Å². The number of aryl methyl sites for hydroxylation is 3. The van der Waals surface area contributed by atoms with Crippen molar-refractivity contribution in [3.63, 3.8) is 0 Å². The maximum atomic E-state index is 12.6. The van der Waals surface area contributed by atoms with E-state index in [1.54, 1.807) is 12.1 Å². The van der Waals surface area contributed by atoms with E-state index in [4.69, 9.17) is 9.47 Å². The molecular weight excluding hydrogens is 396 g/mol. The summed E-state index contributed by atoms with van der Waals surface area (Å²) in [4.78, 5) is 12.6. The first-order valence-electron chi connectivity index (χ1n) is 10.7. The van der Waals surface area contributed by atoms with Crippen LogP contribution in [0.25, 0.3) is 11.1 Å². The largest absolute Gasteiger partial charge is 0.489 e. The van der Waals surface area contributed by atoms with Crippen molar-refractivity contribution in [1.82, 2.24) is 0 Å². The van der Waals surface area contributed by atoms with Gasteiger partial charge in [-0.3, -0.25) is 0 Å². The Labute approximate surface area is 189 Å². The molecule has 0 spiro atoms. The molecule has 3 heteroatoms. The maximum absolute atomic E-state index is 12.6. The third-order valence-corrected chi connectivity index (χ3v) is 5.38. The van der Waals surface area contributed by atoms with E-state index in [-0.39, 0.29) is 5.97 Å². The highest BCUT2D eigenvalue weighted by Crippen LogP contribution is 2.27. The van der Waals surface area contributed by atoms with Gasteiger partial charge in [0.15, 0.2) is 0 Å². The lowest BCUT2D eigenvalue weighted by molar-refractivity contribution is 0.0733. The Morgan fingerprint density at radius 3 is 1.91 bits per heavy atom. The van der Waals surface area contributed by atoms with Crippen LogP contribution in [0.4, 0.5) is 0 Å². The lowest BCUT2D eigenvalue weighted by Gasteiger charge is -2.11. The van der Waals surface area contributed by atoms with Gasteiger partial charge in [-0.15, -0.1) is 0 Å². The molecule has 0 bridgehead atoms. The average molecular weight is 423 g/mol. The van der Waals surface area contributed by atoms with Crippen molar-refractivity contribution in [2.45, 2.75) is 27.4 Å². The summed E-state index contributed by atoms with van der Waals surface area (Å²) in [6.45, 7) is 6.51. The normalized spacial score (nSPS) is 10.6. The Bertz CT molecular complexity index is 1200. The standard InChI is InChI=1S/C29H26O3/c1-20-4-10-24(11-5-20)26-14-17-28(22(3)18-26)32-29(30)25-12-8-23(9-13-25)19-31-27-15-6-21(2)7-16-27/h4-18H,19H2,1-3H3. The summed E-state index contributed by atoms with van der Waals surface area (Å²) >= 11 is 0. The summed E-state index contributed by atoms with van der Waals surface area (Å²) in [6, 6.07) is 29.5. The fraction of sp³-hybridized carbons (Fsp3) is 0.138. The second-order valence-electron chi connectivity index (χ2n) is 8.03. The summed E-state index contributed by atoms with van der Waals surface area (Å²) < 4.78 is 11.4. The van der Waals surface area contributed by atoms with Crippen LogP contribution in [0.15, 0.2) is 91.0 Å². The molecule has 0 amide bonds. The molecule has 0 aromatic heterocycles. The quantitative estimate of drug-likeness (QED) is 0.246. The minimum atomic E-state index is -0.373. The number of ether oxygens (including phenoxy) is 2. The molecule has 3 nitrogen and oxygen atoms in total. The summed E-state index contributed by atoms with van der Waals surface area (Å²) in [5.41, 5.74) is 7.07. The highest BCUT2D eigenvalue weighted by molar-refractivity contribution is 5.91. The first-order chi connectivity index (χ1) is 15.5. The first-order valence-corrected chi connectivity index (χ1v) is 10.7. The fourth-order valence-corrected chi connectivity index (χ4v) is 3.39. The van der Waals surface area contributed by atoms with Gasteiger partial charge in [0, 0.05) is 0 Å². The number of benzene rings is 4. The van der Waals surface area contributed by atoms with Gasteiger partial charge in [-0.25, -0.2) is 4.79 Å². The average Bonchev–Trinajstić information content (AvgIpc) is 2.81. The number of rotatable bonds is 6. The van der Waals surface area contributed by atoms with E-state index >= 15 is 0 Å². The molecule has 4 aromatic rings. The Kier molecular flexibility index (Phi) is 6.37. The van der Waals surface area contributed by atoms with Crippen LogP contribution in [0.5, 0.6) is 11.5 Å². The molecule has 0 atom stereocenters. The molecule has 0 heterocycles. The Morgan fingerprint density at radius 1 is 0.688 bits per heavy atom. The van der Waals surface area contributed by atoms with Crippen LogP contribution in [-0.4, -0.2) is 5.97 Å². The van der Waals surface area contributed by atoms with Crippen molar-refractivity contribution in [3.05, 3.63) is 119 Å². The molecule has 4 aromatic carbocycles. The molecule has 0 unspecified atom stereocenters. The van der Waals surface area contributed by atoms with Crippen LogP contribution < -0.4 is 9.47 Å². The molecule has 0 aliphatic carbocycles. The minimum Gasteiger partial charge on any atom is -0.489 e. The predicted molar refractivity (Wildman–Crippen MR) is 128 cm³/mol. The molecule has 32 heavy (non-hydrogen) atoms. The monoisotopic (exact) mass is 422 g/mol. The fourth-order valence-electron chi connectivity index (χ4n) is 3.39. The van der Waals surface area contributed by atoms with E-state index in [0.29, 0.717) is 17.9 Å². The van der Waals surface area contributed by atoms with Crippen molar-refractivity contribution in [1.29, 1.82) is 0 Å². The van der Waals surface area contributed by atoms with Crippen molar-refractivity contribution < 1.29 is 14.3 Å². The van der Waals surface area contributed by atoms with Gasteiger partial charge in [0.1, 0.15) is 18.1 Å². The van der Waals surface area contributed by atoms with E-state index in [2.05, 4.69) is 31.2 Å². The molecule has 0 aliphatic heterocycles. The van der Waals surface area contributed by atoms with Crippen LogP contribution in [-0.2, 0) is 6.61 Å². The van der Waals surface area contributed by atoms with Gasteiger partial charge < -0.3 is 9.47 Å². The van der Waals surface area contributed by atoms with E-state index in [1.165, 1.54) is 11.1 Å². The highest BCUT2D eigenvalue weighted by Gasteiger charge is 2.11. The molecule has 0 saturated heterocycles. The van der Waals surface area contributed by atoms with Gasteiger partial charge in [0.25, 0.3) is 0 Å². The van der Waals surface area contributed by atoms with Crippen LogP contribution in [0, 0.1) is 20.8 Å². The van der Waals surface area contributed by atoms with E-state index < -0.39 is 0 Å². The smallest absolute Gasteiger partial charge is 0.343 e. The number of hydrogen-bond acceptors (Lipinski definition) is 3. The van der Waals surface area contributed by atoms with Gasteiger partial charge in [-0.1, -0.05) is 65.7 Å². The number of carbonyl (C=O) groups is 1. The molecule has 0 aliphatic rings. The van der Waals surface area contributed by atoms with Crippen molar-refractivity contribution in [3.8, 4) is 22.6 Å². The van der Waals surface area contributed by atoms with Gasteiger partial charge >= 0.3 is 5.97 Å². The zero-order valence-corrected chi connectivity index (χ0v) is 18.6. The van der Waals surface area contributed by atoms with Crippen LogP contribution in [0.2, 0.25) is 0 Å². The zero-order chi connectivity index (χ0) is 22.5. The summed E-state index contributed by atoms with van der Waals surface area (Å²) in [7, 11) is 0. The second-order valence-corrected chi connectivity index (χ2v) is 8.03. The number of hydrogen-bond donors (Lipinski definition) is 0.